The van der Waals surface area contributed by atoms with Crippen molar-refractivity contribution in [2.24, 2.45) is 0 Å². The van der Waals surface area contributed by atoms with E-state index in [4.69, 9.17) is 0 Å². The number of benzene rings is 2. The van der Waals surface area contributed by atoms with Crippen LogP contribution in [0.2, 0.25) is 0 Å². The van der Waals surface area contributed by atoms with Gasteiger partial charge in [0.25, 0.3) is 0 Å². The third-order valence-electron chi connectivity index (χ3n) is 3.44. The highest BCUT2D eigenvalue weighted by Crippen LogP contribution is 2.26. The Hall–Kier alpha value is -2.27. The minimum atomic E-state index is -0.360. The molecule has 112 valence electrons. The van der Waals surface area contributed by atoms with E-state index >= 15 is 0 Å². The zero-order valence-corrected chi connectivity index (χ0v) is 13.1. The number of anilines is 1. The van der Waals surface area contributed by atoms with E-state index in [1.807, 2.05) is 19.1 Å². The number of hydrogen-bond donors (Lipinski definition) is 1. The number of nitrogens with zero attached hydrogens (tertiary/aromatic N) is 1. The summed E-state index contributed by atoms with van der Waals surface area (Å²) in [5.74, 6) is -0.518. The van der Waals surface area contributed by atoms with E-state index in [1.54, 1.807) is 19.1 Å². The molecule has 0 radical (unpaired) electrons. The summed E-state index contributed by atoms with van der Waals surface area (Å²) in [7, 11) is 0. The van der Waals surface area contributed by atoms with Gasteiger partial charge in [-0.2, -0.15) is 0 Å². The molecule has 22 heavy (non-hydrogen) atoms. The molecular weight excluding hydrogens is 299 g/mol. The summed E-state index contributed by atoms with van der Waals surface area (Å²) in [5.41, 5.74) is 2.99. The Labute approximate surface area is 131 Å². The Morgan fingerprint density at radius 3 is 2.82 bits per heavy atom. The Balaban J connectivity index is 1.72. The Morgan fingerprint density at radius 2 is 2.05 bits per heavy atom. The van der Waals surface area contributed by atoms with E-state index in [2.05, 4.69) is 16.4 Å². The van der Waals surface area contributed by atoms with Crippen LogP contribution in [0.1, 0.15) is 21.5 Å². The molecule has 0 saturated carbocycles. The van der Waals surface area contributed by atoms with Gasteiger partial charge in [0.1, 0.15) is 5.82 Å². The van der Waals surface area contributed by atoms with Crippen molar-refractivity contribution in [3.8, 4) is 0 Å². The smallest absolute Gasteiger partial charge is 0.184 e. The van der Waals surface area contributed by atoms with Gasteiger partial charge in [0, 0.05) is 5.56 Å². The van der Waals surface area contributed by atoms with E-state index < -0.39 is 0 Å². The van der Waals surface area contributed by atoms with Crippen LogP contribution in [0, 0.1) is 19.7 Å². The van der Waals surface area contributed by atoms with E-state index in [-0.39, 0.29) is 18.1 Å². The first-order valence-corrected chi connectivity index (χ1v) is 7.75. The molecule has 2 aromatic carbocycles. The quantitative estimate of drug-likeness (QED) is 0.728. The van der Waals surface area contributed by atoms with Crippen LogP contribution in [-0.4, -0.2) is 17.3 Å². The molecule has 0 aliphatic heterocycles. The molecule has 0 fully saturated rings. The number of carbonyl (C=O) groups is 1. The summed E-state index contributed by atoms with van der Waals surface area (Å²) < 4.78 is 14.6. The number of nitrogens with one attached hydrogen (secondary N) is 1. The monoisotopic (exact) mass is 314 g/mol. The summed E-state index contributed by atoms with van der Waals surface area (Å²) in [6.45, 7) is 3.80. The van der Waals surface area contributed by atoms with Crippen molar-refractivity contribution in [3.05, 3.63) is 58.9 Å². The lowest BCUT2D eigenvalue weighted by atomic mass is 10.1. The first-order chi connectivity index (χ1) is 10.5. The average Bonchev–Trinajstić information content (AvgIpc) is 2.89. The van der Waals surface area contributed by atoms with Gasteiger partial charge in [-0.25, -0.2) is 9.37 Å². The molecular formula is C17H15FN2OS. The zero-order chi connectivity index (χ0) is 15.7. The fraction of sp³-hybridized carbons (Fsp3) is 0.176. The highest BCUT2D eigenvalue weighted by molar-refractivity contribution is 7.22. The maximum absolute atomic E-state index is 13.5. The van der Waals surface area contributed by atoms with Gasteiger partial charge in [-0.1, -0.05) is 29.5 Å². The summed E-state index contributed by atoms with van der Waals surface area (Å²) in [4.78, 5) is 16.5. The SMILES string of the molecule is Cc1ccc2nc(NCC(=O)c3ccc(C)c(F)c3)sc2c1. The highest BCUT2D eigenvalue weighted by Gasteiger charge is 2.10. The minimum absolute atomic E-state index is 0.0985. The van der Waals surface area contributed by atoms with Crippen LogP contribution < -0.4 is 5.32 Å². The highest BCUT2D eigenvalue weighted by atomic mass is 32.1. The van der Waals surface area contributed by atoms with Crippen molar-refractivity contribution in [3.63, 3.8) is 0 Å². The van der Waals surface area contributed by atoms with Crippen LogP contribution >= 0.6 is 11.3 Å². The molecule has 0 amide bonds. The number of aromatic nitrogens is 1. The fourth-order valence-corrected chi connectivity index (χ4v) is 3.09. The van der Waals surface area contributed by atoms with Crippen molar-refractivity contribution in [2.75, 3.05) is 11.9 Å². The summed E-state index contributed by atoms with van der Waals surface area (Å²) in [6, 6.07) is 10.6. The predicted octanol–water partition coefficient (Wildman–Crippen LogP) is 4.35. The van der Waals surface area contributed by atoms with Gasteiger partial charge in [0.05, 0.1) is 16.8 Å². The van der Waals surface area contributed by atoms with Gasteiger partial charge in [-0.05, 0) is 43.2 Å². The molecule has 0 saturated heterocycles. The van der Waals surface area contributed by atoms with Crippen molar-refractivity contribution < 1.29 is 9.18 Å². The number of thiazole rings is 1. The summed E-state index contributed by atoms with van der Waals surface area (Å²) in [5, 5.41) is 3.72. The minimum Gasteiger partial charge on any atom is -0.354 e. The van der Waals surface area contributed by atoms with Gasteiger partial charge >= 0.3 is 0 Å². The van der Waals surface area contributed by atoms with E-state index in [1.165, 1.54) is 23.0 Å². The van der Waals surface area contributed by atoms with Gasteiger partial charge < -0.3 is 5.32 Å². The molecule has 1 N–H and O–H groups in total. The molecule has 1 aromatic heterocycles. The summed E-state index contributed by atoms with van der Waals surface area (Å²) >= 11 is 1.51. The number of rotatable bonds is 4. The van der Waals surface area contributed by atoms with E-state index in [9.17, 15) is 9.18 Å². The second-order valence-corrected chi connectivity index (χ2v) is 6.26. The topological polar surface area (TPSA) is 42.0 Å². The van der Waals surface area contributed by atoms with Crippen LogP contribution in [0.4, 0.5) is 9.52 Å². The number of ketones is 1. The molecule has 1 heterocycles. The Bertz CT molecular complexity index is 857. The molecule has 0 atom stereocenters. The third kappa shape index (κ3) is 2.99. The van der Waals surface area contributed by atoms with Gasteiger partial charge in [0.15, 0.2) is 10.9 Å². The van der Waals surface area contributed by atoms with Crippen molar-refractivity contribution in [1.29, 1.82) is 0 Å². The fourth-order valence-electron chi connectivity index (χ4n) is 2.13. The largest absolute Gasteiger partial charge is 0.354 e. The number of carbonyl (C=O) groups excluding carboxylic acids is 1. The van der Waals surface area contributed by atoms with E-state index in [0.717, 1.165) is 10.2 Å². The standard InChI is InChI=1S/C17H15FN2OS/c1-10-3-6-14-16(7-10)22-17(20-14)19-9-15(21)12-5-4-11(2)13(18)8-12/h3-8H,9H2,1-2H3,(H,19,20). The lowest BCUT2D eigenvalue weighted by Gasteiger charge is -2.03. The number of aryl methyl sites for hydroxylation is 2. The van der Waals surface area contributed by atoms with Crippen molar-refractivity contribution >= 4 is 32.5 Å². The van der Waals surface area contributed by atoms with Crippen LogP contribution in [-0.2, 0) is 0 Å². The van der Waals surface area contributed by atoms with Crippen LogP contribution in [0.25, 0.3) is 10.2 Å². The van der Waals surface area contributed by atoms with Crippen molar-refractivity contribution in [1.82, 2.24) is 4.98 Å². The molecule has 0 aliphatic rings. The second-order valence-electron chi connectivity index (χ2n) is 5.23. The zero-order valence-electron chi connectivity index (χ0n) is 12.3. The summed E-state index contributed by atoms with van der Waals surface area (Å²) in [6.07, 6.45) is 0. The average molecular weight is 314 g/mol. The normalized spacial score (nSPS) is 10.9. The lowest BCUT2D eigenvalue weighted by molar-refractivity contribution is 0.101. The molecule has 3 aromatic rings. The van der Waals surface area contributed by atoms with Crippen LogP contribution in [0.3, 0.4) is 0 Å². The Morgan fingerprint density at radius 1 is 1.23 bits per heavy atom. The lowest BCUT2D eigenvalue weighted by Crippen LogP contribution is -2.14. The van der Waals surface area contributed by atoms with Crippen LogP contribution in [0.5, 0.6) is 0 Å². The molecule has 0 aliphatic carbocycles. The maximum atomic E-state index is 13.5. The molecule has 0 spiro atoms. The van der Waals surface area contributed by atoms with E-state index in [0.29, 0.717) is 16.3 Å². The number of Topliss-reactive ketones (excluding diaryl/α,β-unsaturated/α-hetero) is 1. The van der Waals surface area contributed by atoms with Gasteiger partial charge in [0.2, 0.25) is 0 Å². The molecule has 0 unspecified atom stereocenters. The second kappa shape index (κ2) is 5.85. The molecule has 3 rings (SSSR count). The maximum Gasteiger partial charge on any atom is 0.184 e. The number of hydrogen-bond acceptors (Lipinski definition) is 4. The van der Waals surface area contributed by atoms with Gasteiger partial charge in [-0.15, -0.1) is 0 Å². The molecule has 5 heteroatoms. The first-order valence-electron chi connectivity index (χ1n) is 6.93. The number of fused-ring (bicyclic) bond motifs is 1. The van der Waals surface area contributed by atoms with Gasteiger partial charge in [-0.3, -0.25) is 4.79 Å². The van der Waals surface area contributed by atoms with Crippen molar-refractivity contribution in [2.45, 2.75) is 13.8 Å². The first kappa shape index (κ1) is 14.7. The predicted molar refractivity (Wildman–Crippen MR) is 88.3 cm³/mol. The van der Waals surface area contributed by atoms with Crippen LogP contribution in [0.15, 0.2) is 36.4 Å². The number of halogens is 1. The molecule has 0 bridgehead atoms. The third-order valence-corrected chi connectivity index (χ3v) is 4.41. The molecule has 3 nitrogen and oxygen atoms in total. The Kier molecular flexibility index (Phi) is 3.90.